The first-order valence-electron chi connectivity index (χ1n) is 3.25. The third-order valence-electron chi connectivity index (χ3n) is 1.40. The van der Waals surface area contributed by atoms with E-state index in [1.807, 2.05) is 0 Å². The predicted molar refractivity (Wildman–Crippen MR) is 40.9 cm³/mol. The Morgan fingerprint density at radius 3 is 2.18 bits per heavy atom. The quantitative estimate of drug-likeness (QED) is 0.478. The maximum atomic E-state index is 8.61. The minimum Gasteiger partial charge on any atom is -0.396 e. The van der Waals surface area contributed by atoms with Crippen molar-refractivity contribution in [1.82, 2.24) is 0 Å². The smallest absolute Gasteiger partial charge is 0.347 e. The second-order valence-electron chi connectivity index (χ2n) is 2.51. The summed E-state index contributed by atoms with van der Waals surface area (Å²) >= 11 is 0. The molecule has 0 radical (unpaired) electrons. The van der Waals surface area contributed by atoms with Gasteiger partial charge in [0, 0.05) is 12.5 Å². The van der Waals surface area contributed by atoms with Crippen molar-refractivity contribution in [1.29, 1.82) is 5.16 Å². The molecule has 5 nitrogen and oxygen atoms in total. The molecule has 0 aromatic heterocycles. The first-order valence-corrected chi connectivity index (χ1v) is 4.87. The fourth-order valence-electron chi connectivity index (χ4n) is 0.484. The third kappa shape index (κ3) is 5.35. The maximum Gasteiger partial charge on any atom is 0.347 e. The van der Waals surface area contributed by atoms with E-state index in [4.69, 9.17) is 20.1 Å². The van der Waals surface area contributed by atoms with Crippen LogP contribution in [0.15, 0.2) is 0 Å². The highest BCUT2D eigenvalue weighted by Crippen LogP contribution is 2.39. The van der Waals surface area contributed by atoms with E-state index in [0.29, 0.717) is 0 Å². The Morgan fingerprint density at radius 2 is 1.91 bits per heavy atom. The molecule has 0 aromatic rings. The van der Waals surface area contributed by atoms with E-state index in [2.05, 4.69) is 4.52 Å². The number of hydrogen-bond acceptors (Lipinski definition) is 3. The van der Waals surface area contributed by atoms with E-state index < -0.39 is 13.8 Å². The number of aliphatic hydroxyl groups is 1. The van der Waals surface area contributed by atoms with Gasteiger partial charge in [-0.05, 0) is 6.92 Å². The van der Waals surface area contributed by atoms with Crippen LogP contribution in [-0.4, -0.2) is 27.6 Å². The minimum atomic E-state index is -3.90. The molecule has 0 aliphatic rings. The van der Waals surface area contributed by atoms with E-state index >= 15 is 0 Å². The van der Waals surface area contributed by atoms with E-state index in [-0.39, 0.29) is 12.5 Å². The number of aliphatic hydroxyl groups excluding tert-OH is 1. The molecule has 0 bridgehead atoms. The Hall–Kier alpha value is 0.0700. The van der Waals surface area contributed by atoms with Crippen LogP contribution in [0.1, 0.15) is 13.8 Å². The first-order chi connectivity index (χ1) is 4.87. The second kappa shape index (κ2) is 4.18. The lowest BCUT2D eigenvalue weighted by Gasteiger charge is -2.19. The molecule has 0 amide bonds. The van der Waals surface area contributed by atoms with E-state index in [0.717, 1.165) is 0 Å². The molecule has 0 spiro atoms. The van der Waals surface area contributed by atoms with Crippen molar-refractivity contribution in [3.63, 3.8) is 0 Å². The largest absolute Gasteiger partial charge is 0.396 e. The monoisotopic (exact) mass is 183 g/mol. The molecule has 0 aliphatic carbocycles. The molecule has 0 heterocycles. The molecule has 0 saturated carbocycles. The van der Waals surface area contributed by atoms with Gasteiger partial charge in [-0.3, -0.25) is 4.52 Å². The predicted octanol–water partition coefficient (Wildman–Crippen LogP) is 0.529. The van der Waals surface area contributed by atoms with Crippen LogP contribution in [-0.2, 0) is 4.52 Å². The molecule has 4 N–H and O–H groups in total. The van der Waals surface area contributed by atoms with Gasteiger partial charge in [-0.25, -0.2) is 5.16 Å². The van der Waals surface area contributed by atoms with Crippen LogP contribution in [0.25, 0.3) is 0 Å². The first kappa shape index (κ1) is 11.1. The van der Waals surface area contributed by atoms with E-state index in [1.54, 1.807) is 13.8 Å². The van der Waals surface area contributed by atoms with Crippen LogP contribution in [0.3, 0.4) is 0 Å². The Labute approximate surface area is 65.7 Å². The van der Waals surface area contributed by atoms with Gasteiger partial charge in [0.2, 0.25) is 0 Å². The van der Waals surface area contributed by atoms with Gasteiger partial charge >= 0.3 is 7.74 Å². The highest BCUT2D eigenvalue weighted by molar-refractivity contribution is 7.47. The zero-order chi connectivity index (χ0) is 9.07. The summed E-state index contributed by atoms with van der Waals surface area (Å²) < 4.78 is 4.52. The molecule has 0 saturated heterocycles. The molecule has 68 valence electrons. The molecule has 0 rings (SSSR count). The van der Waals surface area contributed by atoms with Gasteiger partial charge in [-0.2, -0.15) is 0 Å². The van der Waals surface area contributed by atoms with Crippen molar-refractivity contribution in [3.05, 3.63) is 0 Å². The standard InChI is InChI=1S/C5H14NO4P/c1-4(3-7)5(2)10-11(6,8)9/h4-5,7H,3H2,1-2H3,(H3,6,8,9)/t4-,5-/m1/s1. The van der Waals surface area contributed by atoms with Crippen molar-refractivity contribution in [2.75, 3.05) is 6.61 Å². The summed E-state index contributed by atoms with van der Waals surface area (Å²) in [6.07, 6.45) is -0.513. The van der Waals surface area contributed by atoms with Crippen LogP contribution >= 0.6 is 7.74 Å². The van der Waals surface area contributed by atoms with Gasteiger partial charge in [0.15, 0.2) is 0 Å². The van der Waals surface area contributed by atoms with Crippen LogP contribution in [0.5, 0.6) is 0 Å². The van der Waals surface area contributed by atoms with Crippen LogP contribution in [0.2, 0.25) is 0 Å². The van der Waals surface area contributed by atoms with Gasteiger partial charge in [0.1, 0.15) is 0 Å². The van der Waals surface area contributed by atoms with Crippen molar-refractivity contribution >= 4 is 7.74 Å². The van der Waals surface area contributed by atoms with Crippen LogP contribution in [0, 0.1) is 11.1 Å². The molecule has 2 atom stereocenters. The Balaban J connectivity index is 3.87. The molecule has 11 heavy (non-hydrogen) atoms. The van der Waals surface area contributed by atoms with Crippen LogP contribution < -0.4 is 0 Å². The Morgan fingerprint density at radius 1 is 1.45 bits per heavy atom. The maximum absolute atomic E-state index is 8.61. The van der Waals surface area contributed by atoms with Crippen molar-refractivity contribution in [3.8, 4) is 0 Å². The zero-order valence-electron chi connectivity index (χ0n) is 6.56. The third-order valence-corrected chi connectivity index (χ3v) is 2.03. The molecule has 0 unspecified atom stereocenters. The number of nitrogens with one attached hydrogen (secondary N) is 1. The van der Waals surface area contributed by atoms with E-state index in [9.17, 15) is 0 Å². The van der Waals surface area contributed by atoms with Gasteiger partial charge in [0.25, 0.3) is 0 Å². The summed E-state index contributed by atoms with van der Waals surface area (Å²) in [7, 11) is -3.90. The lowest BCUT2D eigenvalue weighted by molar-refractivity contribution is 0.0913. The van der Waals surface area contributed by atoms with Crippen molar-refractivity contribution in [2.45, 2.75) is 20.0 Å². The Kier molecular flexibility index (Phi) is 4.21. The fourth-order valence-corrected chi connectivity index (χ4v) is 1.16. The molecule has 0 aliphatic heterocycles. The van der Waals surface area contributed by atoms with E-state index in [1.165, 1.54) is 0 Å². The number of rotatable bonds is 4. The summed E-state index contributed by atoms with van der Waals surface area (Å²) in [5, 5.41) is 15.3. The summed E-state index contributed by atoms with van der Waals surface area (Å²) in [4.78, 5) is 17.1. The molecule has 0 aromatic carbocycles. The van der Waals surface area contributed by atoms with Crippen LogP contribution in [0.4, 0.5) is 0 Å². The summed E-state index contributed by atoms with van der Waals surface area (Å²) in [5.41, 5.74) is 0. The molecule has 0 fully saturated rings. The summed E-state index contributed by atoms with van der Waals surface area (Å²) in [5.74, 6) is -0.195. The Bertz CT molecular complexity index is 157. The zero-order valence-corrected chi connectivity index (χ0v) is 7.45. The average molecular weight is 183 g/mol. The summed E-state index contributed by atoms with van der Waals surface area (Å²) in [6.45, 7) is 3.18. The summed E-state index contributed by atoms with van der Waals surface area (Å²) in [6, 6.07) is 0. The normalized spacial score (nSPS) is 17.9. The van der Waals surface area contributed by atoms with Gasteiger partial charge < -0.3 is 14.9 Å². The number of hydrogen-bond donors (Lipinski definition) is 4. The highest BCUT2D eigenvalue weighted by Gasteiger charge is 2.18. The van der Waals surface area contributed by atoms with Gasteiger partial charge in [0.05, 0.1) is 6.10 Å². The topological polar surface area (TPSA) is 93.8 Å². The molecular formula is C5H14NO4P. The van der Waals surface area contributed by atoms with Gasteiger partial charge in [-0.1, -0.05) is 6.92 Å². The van der Waals surface area contributed by atoms with Crippen molar-refractivity contribution in [2.24, 2.45) is 5.92 Å². The molecular weight excluding hydrogens is 169 g/mol. The van der Waals surface area contributed by atoms with Crippen molar-refractivity contribution < 1.29 is 19.4 Å². The average Bonchev–Trinajstić information content (AvgIpc) is 1.82. The minimum absolute atomic E-state index is 0.0961. The lowest BCUT2D eigenvalue weighted by Crippen LogP contribution is -2.19. The second-order valence-corrected chi connectivity index (χ2v) is 3.81. The van der Waals surface area contributed by atoms with Gasteiger partial charge in [-0.15, -0.1) is 0 Å². The molecule has 6 heteroatoms. The SMILES string of the molecule is C[C@H](CO)[C@@H](C)OP(=N)(O)O. The fraction of sp³-hybridized carbons (Fsp3) is 1.00. The lowest BCUT2D eigenvalue weighted by atomic mass is 10.1. The highest BCUT2D eigenvalue weighted by atomic mass is 31.2.